The smallest absolute Gasteiger partial charge is 0.281 e. The fourth-order valence-electron chi connectivity index (χ4n) is 1.87. The van der Waals surface area contributed by atoms with Gasteiger partial charge in [-0.25, -0.2) is 10.2 Å². The maximum absolute atomic E-state index is 13.2. The van der Waals surface area contributed by atoms with Gasteiger partial charge in [0.15, 0.2) is 10.8 Å². The second-order valence-corrected chi connectivity index (χ2v) is 6.55. The van der Waals surface area contributed by atoms with Gasteiger partial charge in [0, 0.05) is 11.6 Å². The average molecular weight is 327 g/mol. The largest absolute Gasteiger partial charge is 0.306 e. The summed E-state index contributed by atoms with van der Waals surface area (Å²) in [6, 6.07) is 5.16. The molecule has 3 aromatic rings. The average Bonchev–Trinajstić information content (AvgIpc) is 2.96. The molecule has 21 heavy (non-hydrogen) atoms. The van der Waals surface area contributed by atoms with Crippen molar-refractivity contribution in [3.05, 3.63) is 41.7 Å². The third-order valence-electron chi connectivity index (χ3n) is 2.69. The molecule has 2 aromatic heterocycles. The lowest BCUT2D eigenvalue weighted by molar-refractivity contribution is 0.597. The molecule has 0 atom stereocenters. The van der Waals surface area contributed by atoms with Crippen molar-refractivity contribution < 1.29 is 12.8 Å². The number of fused-ring (bicyclic) bond motifs is 1. The van der Waals surface area contributed by atoms with Crippen molar-refractivity contribution in [1.82, 2.24) is 9.38 Å². The lowest BCUT2D eigenvalue weighted by atomic mass is 10.3. The molecule has 2 heterocycles. The van der Waals surface area contributed by atoms with Crippen LogP contribution in [0.25, 0.3) is 4.96 Å². The SMILES string of the molecule is NNc1nc2sccn2c1S(=O)(=O)Nc1cccc(F)c1. The number of rotatable bonds is 4. The second kappa shape index (κ2) is 4.98. The van der Waals surface area contributed by atoms with Crippen LogP contribution in [0.3, 0.4) is 0 Å². The molecule has 7 nitrogen and oxygen atoms in total. The van der Waals surface area contributed by atoms with Crippen molar-refractivity contribution in [2.24, 2.45) is 5.84 Å². The van der Waals surface area contributed by atoms with E-state index in [2.05, 4.69) is 15.1 Å². The van der Waals surface area contributed by atoms with Gasteiger partial charge in [-0.1, -0.05) is 6.07 Å². The molecular weight excluding hydrogens is 317 g/mol. The molecule has 0 saturated carbocycles. The van der Waals surface area contributed by atoms with Gasteiger partial charge in [0.2, 0.25) is 5.03 Å². The highest BCUT2D eigenvalue weighted by molar-refractivity contribution is 7.92. The van der Waals surface area contributed by atoms with E-state index in [9.17, 15) is 12.8 Å². The Morgan fingerprint density at radius 1 is 1.38 bits per heavy atom. The van der Waals surface area contributed by atoms with Crippen molar-refractivity contribution in [2.45, 2.75) is 5.03 Å². The Labute approximate surface area is 123 Å². The minimum absolute atomic E-state index is 0.0192. The van der Waals surface area contributed by atoms with Crippen molar-refractivity contribution in [3.63, 3.8) is 0 Å². The molecular formula is C11H10FN5O2S2. The van der Waals surface area contributed by atoms with Crippen LogP contribution < -0.4 is 16.0 Å². The number of hydrazine groups is 1. The highest BCUT2D eigenvalue weighted by atomic mass is 32.2. The van der Waals surface area contributed by atoms with Crippen molar-refractivity contribution >= 4 is 37.8 Å². The molecule has 110 valence electrons. The minimum atomic E-state index is -3.98. The van der Waals surface area contributed by atoms with Crippen LogP contribution in [0.15, 0.2) is 40.9 Å². The van der Waals surface area contributed by atoms with Crippen LogP contribution in [0.2, 0.25) is 0 Å². The normalized spacial score (nSPS) is 11.7. The number of sulfonamides is 1. The van der Waals surface area contributed by atoms with Gasteiger partial charge < -0.3 is 5.43 Å². The number of imidazole rings is 1. The maximum Gasteiger partial charge on any atom is 0.281 e. The first kappa shape index (κ1) is 13.8. The molecule has 3 rings (SSSR count). The fraction of sp³-hybridized carbons (Fsp3) is 0. The number of nitrogens with zero attached hydrogens (tertiary/aromatic N) is 2. The highest BCUT2D eigenvalue weighted by Crippen LogP contribution is 2.26. The van der Waals surface area contributed by atoms with Gasteiger partial charge in [0.25, 0.3) is 10.0 Å². The van der Waals surface area contributed by atoms with Crippen molar-refractivity contribution in [1.29, 1.82) is 0 Å². The van der Waals surface area contributed by atoms with Gasteiger partial charge in [-0.05, 0) is 18.2 Å². The first-order chi connectivity index (χ1) is 10.0. The summed E-state index contributed by atoms with van der Waals surface area (Å²) in [6.07, 6.45) is 1.56. The third kappa shape index (κ3) is 2.44. The number of anilines is 2. The van der Waals surface area contributed by atoms with Gasteiger partial charge in [-0.15, -0.1) is 11.3 Å². The molecule has 0 bridgehead atoms. The summed E-state index contributed by atoms with van der Waals surface area (Å²) in [5.74, 6) is 4.79. The zero-order valence-corrected chi connectivity index (χ0v) is 12.1. The topological polar surface area (TPSA) is 102 Å². The van der Waals surface area contributed by atoms with Crippen LogP contribution in [0.5, 0.6) is 0 Å². The number of nitrogens with one attached hydrogen (secondary N) is 2. The Morgan fingerprint density at radius 2 is 2.19 bits per heavy atom. The zero-order chi connectivity index (χ0) is 15.0. The number of thiazole rings is 1. The van der Waals surface area contributed by atoms with E-state index in [0.29, 0.717) is 4.96 Å². The van der Waals surface area contributed by atoms with E-state index in [1.165, 1.54) is 33.9 Å². The van der Waals surface area contributed by atoms with Gasteiger partial charge >= 0.3 is 0 Å². The number of hydrogen-bond acceptors (Lipinski definition) is 6. The second-order valence-electron chi connectivity index (χ2n) is 4.08. The van der Waals surface area contributed by atoms with E-state index in [1.807, 2.05) is 0 Å². The van der Waals surface area contributed by atoms with Gasteiger partial charge in [-0.2, -0.15) is 13.4 Å². The Kier molecular flexibility index (Phi) is 3.27. The van der Waals surface area contributed by atoms with Crippen molar-refractivity contribution in [3.8, 4) is 0 Å². The van der Waals surface area contributed by atoms with Crippen LogP contribution in [0.1, 0.15) is 0 Å². The standard InChI is InChI=1S/C11H10FN5O2S2/c12-7-2-1-3-8(6-7)16-21(18,19)10-9(15-13)14-11-17(10)4-5-20-11/h1-6,15-16H,13H2. The van der Waals surface area contributed by atoms with Gasteiger partial charge in [0.1, 0.15) is 5.82 Å². The van der Waals surface area contributed by atoms with Crippen molar-refractivity contribution in [2.75, 3.05) is 10.1 Å². The molecule has 4 N–H and O–H groups in total. The summed E-state index contributed by atoms with van der Waals surface area (Å²) in [4.78, 5) is 4.54. The van der Waals surface area contributed by atoms with Crippen LogP contribution in [0.4, 0.5) is 15.9 Å². The minimum Gasteiger partial charge on any atom is -0.306 e. The first-order valence-electron chi connectivity index (χ1n) is 5.72. The van der Waals surface area contributed by atoms with E-state index in [0.717, 1.165) is 6.07 Å². The Hall–Kier alpha value is -2.17. The molecule has 0 amide bonds. The summed E-state index contributed by atoms with van der Waals surface area (Å²) >= 11 is 1.27. The molecule has 0 unspecified atom stereocenters. The first-order valence-corrected chi connectivity index (χ1v) is 8.08. The van der Waals surface area contributed by atoms with Gasteiger partial charge in [0.05, 0.1) is 5.69 Å². The molecule has 0 aliphatic heterocycles. The maximum atomic E-state index is 13.2. The summed E-state index contributed by atoms with van der Waals surface area (Å²) < 4.78 is 41.8. The fourth-order valence-corrected chi connectivity index (χ4v) is 3.94. The van der Waals surface area contributed by atoms with E-state index in [-0.39, 0.29) is 16.5 Å². The third-order valence-corrected chi connectivity index (χ3v) is 4.85. The quantitative estimate of drug-likeness (QED) is 0.499. The molecule has 0 fully saturated rings. The van der Waals surface area contributed by atoms with Crippen LogP contribution in [0, 0.1) is 5.82 Å². The lowest BCUT2D eigenvalue weighted by Gasteiger charge is -2.08. The number of hydrogen-bond donors (Lipinski definition) is 3. The number of nitrogens with two attached hydrogens (primary N) is 1. The van der Waals surface area contributed by atoms with Gasteiger partial charge in [-0.3, -0.25) is 9.12 Å². The zero-order valence-electron chi connectivity index (χ0n) is 10.4. The Balaban J connectivity index is 2.09. The number of nitrogen functional groups attached to an aromatic ring is 1. The monoisotopic (exact) mass is 327 g/mol. The Morgan fingerprint density at radius 3 is 2.90 bits per heavy atom. The number of halogens is 1. The van der Waals surface area contributed by atoms with E-state index < -0.39 is 15.8 Å². The molecule has 0 saturated heterocycles. The Bertz CT molecular complexity index is 902. The van der Waals surface area contributed by atoms with E-state index in [4.69, 9.17) is 5.84 Å². The van der Waals surface area contributed by atoms with Crippen LogP contribution in [-0.2, 0) is 10.0 Å². The van der Waals surface area contributed by atoms with E-state index >= 15 is 0 Å². The molecule has 10 heteroatoms. The molecule has 1 aromatic carbocycles. The molecule has 0 spiro atoms. The van der Waals surface area contributed by atoms with E-state index in [1.54, 1.807) is 11.6 Å². The summed E-state index contributed by atoms with van der Waals surface area (Å²) in [5.41, 5.74) is 2.37. The lowest BCUT2D eigenvalue weighted by Crippen LogP contribution is -2.18. The number of aromatic nitrogens is 2. The molecule has 0 aliphatic carbocycles. The van der Waals surface area contributed by atoms with Crippen LogP contribution >= 0.6 is 11.3 Å². The summed E-state index contributed by atoms with van der Waals surface area (Å²) in [6.45, 7) is 0. The summed E-state index contributed by atoms with van der Waals surface area (Å²) in [7, 11) is -3.98. The highest BCUT2D eigenvalue weighted by Gasteiger charge is 2.25. The molecule has 0 radical (unpaired) electrons. The predicted octanol–water partition coefficient (Wildman–Crippen LogP) is 1.62. The summed E-state index contributed by atoms with van der Waals surface area (Å²) in [5, 5.41) is 1.56. The van der Waals surface area contributed by atoms with Crippen LogP contribution in [-0.4, -0.2) is 17.8 Å². The number of benzene rings is 1. The predicted molar refractivity (Wildman–Crippen MR) is 78.1 cm³/mol. The molecule has 0 aliphatic rings.